The maximum Gasteiger partial charge on any atom is 0.317 e. The van der Waals surface area contributed by atoms with Gasteiger partial charge in [-0.1, -0.05) is 12.8 Å². The lowest BCUT2D eigenvalue weighted by Gasteiger charge is -2.13. The predicted octanol–water partition coefficient (Wildman–Crippen LogP) is 0.791. The molecule has 0 radical (unpaired) electrons. The Morgan fingerprint density at radius 3 is 2.79 bits per heavy atom. The average Bonchev–Trinajstić information content (AvgIpc) is 2.58. The Labute approximate surface area is 86.0 Å². The first kappa shape index (κ1) is 11.3. The number of rotatable bonds is 7. The minimum absolute atomic E-state index is 0.111. The highest BCUT2D eigenvalue weighted by Gasteiger charge is 2.17. The molecule has 82 valence electrons. The summed E-state index contributed by atoms with van der Waals surface area (Å²) >= 11 is 0. The Hall–Kier alpha value is -0.770. The van der Waals surface area contributed by atoms with Gasteiger partial charge in [0.2, 0.25) is 0 Å². The summed E-state index contributed by atoms with van der Waals surface area (Å²) in [4.78, 5) is 13.0. The topological polar surface area (TPSA) is 44.4 Å². The molecule has 1 aliphatic heterocycles. The molecular weight excluding hydrogens is 178 g/mol. The van der Waals surface area contributed by atoms with E-state index in [-0.39, 0.29) is 6.03 Å². The van der Waals surface area contributed by atoms with Crippen molar-refractivity contribution in [1.29, 1.82) is 0 Å². The second-order valence-electron chi connectivity index (χ2n) is 3.74. The van der Waals surface area contributed by atoms with Gasteiger partial charge in [0.15, 0.2) is 0 Å². The monoisotopic (exact) mass is 199 g/mol. The molecule has 0 aromatic rings. The quantitative estimate of drug-likeness (QED) is 0.595. The van der Waals surface area contributed by atoms with Crippen LogP contribution in [-0.2, 0) is 0 Å². The largest absolute Gasteiger partial charge is 0.336 e. The second kappa shape index (κ2) is 6.65. The molecule has 0 aromatic heterocycles. The van der Waals surface area contributed by atoms with E-state index in [2.05, 4.69) is 10.6 Å². The van der Waals surface area contributed by atoms with E-state index in [0.29, 0.717) is 0 Å². The van der Waals surface area contributed by atoms with Crippen LogP contribution < -0.4 is 10.6 Å². The van der Waals surface area contributed by atoms with Crippen LogP contribution in [0, 0.1) is 0 Å². The maximum absolute atomic E-state index is 11.1. The van der Waals surface area contributed by atoms with Gasteiger partial charge in [-0.2, -0.15) is 0 Å². The number of nitrogens with zero attached hydrogens (tertiary/aromatic N) is 1. The number of unbranched alkanes of at least 4 members (excludes halogenated alkanes) is 3. The van der Waals surface area contributed by atoms with Gasteiger partial charge in [-0.05, 0) is 26.4 Å². The highest BCUT2D eigenvalue weighted by Crippen LogP contribution is 2.03. The number of hydrogen-bond acceptors (Lipinski definition) is 2. The standard InChI is InChI=1S/C10H21N3O/c1-11-6-4-2-3-5-8-13-9-7-12-10(13)14/h11H,2-9H2,1H3,(H,12,14). The van der Waals surface area contributed by atoms with Gasteiger partial charge in [-0.3, -0.25) is 0 Å². The van der Waals surface area contributed by atoms with Crippen molar-refractivity contribution in [3.63, 3.8) is 0 Å². The van der Waals surface area contributed by atoms with Crippen LogP contribution in [0.4, 0.5) is 4.79 Å². The number of carbonyl (C=O) groups excluding carboxylic acids is 1. The molecule has 0 bridgehead atoms. The van der Waals surface area contributed by atoms with E-state index in [9.17, 15) is 4.79 Å². The highest BCUT2D eigenvalue weighted by molar-refractivity contribution is 5.76. The summed E-state index contributed by atoms with van der Waals surface area (Å²) in [5.41, 5.74) is 0. The normalized spacial score (nSPS) is 16.1. The molecule has 14 heavy (non-hydrogen) atoms. The van der Waals surface area contributed by atoms with E-state index >= 15 is 0 Å². The van der Waals surface area contributed by atoms with E-state index in [1.165, 1.54) is 19.3 Å². The molecule has 0 saturated carbocycles. The fourth-order valence-corrected chi connectivity index (χ4v) is 1.68. The molecular formula is C10H21N3O. The lowest BCUT2D eigenvalue weighted by Crippen LogP contribution is -2.28. The molecule has 1 saturated heterocycles. The van der Waals surface area contributed by atoms with Crippen LogP contribution in [0.5, 0.6) is 0 Å². The minimum atomic E-state index is 0.111. The van der Waals surface area contributed by atoms with Gasteiger partial charge >= 0.3 is 6.03 Å². The summed E-state index contributed by atoms with van der Waals surface area (Å²) in [6, 6.07) is 0.111. The number of amides is 2. The van der Waals surface area contributed by atoms with Crippen LogP contribution >= 0.6 is 0 Å². The Balaban J connectivity index is 1.90. The third-order valence-corrected chi connectivity index (χ3v) is 2.55. The number of nitrogens with one attached hydrogen (secondary N) is 2. The first-order valence-corrected chi connectivity index (χ1v) is 5.52. The molecule has 0 atom stereocenters. The van der Waals surface area contributed by atoms with Crippen molar-refractivity contribution in [1.82, 2.24) is 15.5 Å². The van der Waals surface area contributed by atoms with Crippen molar-refractivity contribution in [2.24, 2.45) is 0 Å². The Bertz CT molecular complexity index is 173. The van der Waals surface area contributed by atoms with Crippen molar-refractivity contribution in [3.05, 3.63) is 0 Å². The van der Waals surface area contributed by atoms with Gasteiger partial charge < -0.3 is 15.5 Å². The van der Waals surface area contributed by atoms with Crippen LogP contribution in [0.25, 0.3) is 0 Å². The second-order valence-corrected chi connectivity index (χ2v) is 3.74. The highest BCUT2D eigenvalue weighted by atomic mass is 16.2. The SMILES string of the molecule is CNCCCCCCN1CCNC1=O. The fraction of sp³-hybridized carbons (Fsp3) is 0.900. The zero-order valence-electron chi connectivity index (χ0n) is 9.01. The maximum atomic E-state index is 11.1. The van der Waals surface area contributed by atoms with Crippen LogP contribution in [0.1, 0.15) is 25.7 Å². The molecule has 2 amide bonds. The summed E-state index contributed by atoms with van der Waals surface area (Å²) in [6.45, 7) is 3.73. The van der Waals surface area contributed by atoms with E-state index < -0.39 is 0 Å². The molecule has 0 aromatic carbocycles. The molecule has 0 aliphatic carbocycles. The average molecular weight is 199 g/mol. The van der Waals surface area contributed by atoms with Crippen LogP contribution in [0.2, 0.25) is 0 Å². The third kappa shape index (κ3) is 3.96. The first-order chi connectivity index (χ1) is 6.84. The zero-order valence-corrected chi connectivity index (χ0v) is 9.01. The summed E-state index contributed by atoms with van der Waals surface area (Å²) in [5, 5.41) is 5.94. The Kier molecular flexibility index (Phi) is 5.37. The van der Waals surface area contributed by atoms with Gasteiger partial charge in [0, 0.05) is 19.6 Å². The lowest BCUT2D eigenvalue weighted by atomic mass is 10.2. The van der Waals surface area contributed by atoms with Crippen molar-refractivity contribution in [3.8, 4) is 0 Å². The minimum Gasteiger partial charge on any atom is -0.336 e. The molecule has 2 N–H and O–H groups in total. The molecule has 1 rings (SSSR count). The number of hydrogen-bond donors (Lipinski definition) is 2. The molecule has 0 spiro atoms. The van der Waals surface area contributed by atoms with Crippen LogP contribution in [0.15, 0.2) is 0 Å². The fourth-order valence-electron chi connectivity index (χ4n) is 1.68. The molecule has 1 aliphatic rings. The van der Waals surface area contributed by atoms with Gasteiger partial charge in [-0.15, -0.1) is 0 Å². The van der Waals surface area contributed by atoms with E-state index in [4.69, 9.17) is 0 Å². The van der Waals surface area contributed by atoms with Gasteiger partial charge in [0.05, 0.1) is 0 Å². The van der Waals surface area contributed by atoms with Gasteiger partial charge in [0.1, 0.15) is 0 Å². The predicted molar refractivity (Wildman–Crippen MR) is 57.4 cm³/mol. The lowest BCUT2D eigenvalue weighted by molar-refractivity contribution is 0.216. The van der Waals surface area contributed by atoms with Crippen LogP contribution in [0.3, 0.4) is 0 Å². The Morgan fingerprint density at radius 2 is 2.14 bits per heavy atom. The van der Waals surface area contributed by atoms with Crippen molar-refractivity contribution in [2.75, 3.05) is 33.2 Å². The third-order valence-electron chi connectivity index (χ3n) is 2.55. The Morgan fingerprint density at radius 1 is 1.36 bits per heavy atom. The van der Waals surface area contributed by atoms with Crippen molar-refractivity contribution < 1.29 is 4.79 Å². The van der Waals surface area contributed by atoms with Crippen molar-refractivity contribution >= 4 is 6.03 Å². The van der Waals surface area contributed by atoms with Crippen molar-refractivity contribution in [2.45, 2.75) is 25.7 Å². The van der Waals surface area contributed by atoms with Crippen LogP contribution in [-0.4, -0.2) is 44.2 Å². The van der Waals surface area contributed by atoms with E-state index in [1.807, 2.05) is 11.9 Å². The summed E-state index contributed by atoms with van der Waals surface area (Å²) in [6.07, 6.45) is 4.86. The summed E-state index contributed by atoms with van der Waals surface area (Å²) < 4.78 is 0. The molecule has 0 unspecified atom stereocenters. The molecule has 4 nitrogen and oxygen atoms in total. The van der Waals surface area contributed by atoms with E-state index in [0.717, 1.165) is 32.6 Å². The summed E-state index contributed by atoms with van der Waals surface area (Å²) in [5.74, 6) is 0. The summed E-state index contributed by atoms with van der Waals surface area (Å²) in [7, 11) is 1.98. The van der Waals surface area contributed by atoms with Gasteiger partial charge in [0.25, 0.3) is 0 Å². The molecule has 1 fully saturated rings. The number of carbonyl (C=O) groups is 1. The molecule has 1 heterocycles. The first-order valence-electron chi connectivity index (χ1n) is 5.52. The van der Waals surface area contributed by atoms with Gasteiger partial charge in [-0.25, -0.2) is 4.79 Å². The van der Waals surface area contributed by atoms with E-state index in [1.54, 1.807) is 0 Å². The molecule has 4 heteroatoms. The zero-order chi connectivity index (χ0) is 10.2. The smallest absolute Gasteiger partial charge is 0.317 e. The number of urea groups is 1.